The van der Waals surface area contributed by atoms with E-state index in [4.69, 9.17) is 10.2 Å². The zero-order valence-electron chi connectivity index (χ0n) is 14.0. The largest absolute Gasteiger partial charge is 0.464 e. The van der Waals surface area contributed by atoms with Gasteiger partial charge in [0, 0.05) is 13.1 Å². The van der Waals surface area contributed by atoms with E-state index >= 15 is 0 Å². The quantitative estimate of drug-likeness (QED) is 0.797. The van der Waals surface area contributed by atoms with Crippen LogP contribution in [0.2, 0.25) is 0 Å². The van der Waals surface area contributed by atoms with Gasteiger partial charge in [-0.3, -0.25) is 4.79 Å². The van der Waals surface area contributed by atoms with Crippen LogP contribution in [0.3, 0.4) is 0 Å². The summed E-state index contributed by atoms with van der Waals surface area (Å²) >= 11 is 0. The van der Waals surface area contributed by atoms with Gasteiger partial charge in [-0.2, -0.15) is 0 Å². The SMILES string of the molecule is CCC(N)(CC)C(=O)N(CCN(C)C)Cc1ccc(C)o1. The van der Waals surface area contributed by atoms with E-state index in [-0.39, 0.29) is 5.91 Å². The van der Waals surface area contributed by atoms with E-state index in [0.29, 0.717) is 25.9 Å². The molecule has 0 aliphatic heterocycles. The number of likely N-dealkylation sites (N-methyl/N-ethyl adjacent to an activating group) is 1. The van der Waals surface area contributed by atoms with Gasteiger partial charge < -0.3 is 20.0 Å². The highest BCUT2D eigenvalue weighted by molar-refractivity contribution is 5.86. The fraction of sp³-hybridized carbons (Fsp3) is 0.688. The lowest BCUT2D eigenvalue weighted by molar-refractivity contribution is -0.138. The molecule has 0 aliphatic rings. The van der Waals surface area contributed by atoms with Crippen molar-refractivity contribution in [2.24, 2.45) is 5.73 Å². The Morgan fingerprint density at radius 3 is 2.29 bits per heavy atom. The third-order valence-corrected chi connectivity index (χ3v) is 3.93. The molecule has 21 heavy (non-hydrogen) atoms. The fourth-order valence-electron chi connectivity index (χ4n) is 2.20. The van der Waals surface area contributed by atoms with Crippen LogP contribution in [0.4, 0.5) is 0 Å². The number of aryl methyl sites for hydroxylation is 1. The molecule has 0 atom stereocenters. The van der Waals surface area contributed by atoms with E-state index in [9.17, 15) is 4.79 Å². The Bertz CT molecular complexity index is 450. The summed E-state index contributed by atoms with van der Waals surface area (Å²) in [5.41, 5.74) is 5.49. The van der Waals surface area contributed by atoms with Crippen molar-refractivity contribution in [2.75, 3.05) is 27.2 Å². The van der Waals surface area contributed by atoms with E-state index in [1.165, 1.54) is 0 Å². The van der Waals surface area contributed by atoms with Crippen LogP contribution in [-0.4, -0.2) is 48.4 Å². The average molecular weight is 295 g/mol. The maximum absolute atomic E-state index is 12.8. The first-order valence-corrected chi connectivity index (χ1v) is 7.60. The summed E-state index contributed by atoms with van der Waals surface area (Å²) in [5, 5.41) is 0. The minimum Gasteiger partial charge on any atom is -0.464 e. The third kappa shape index (κ3) is 4.86. The van der Waals surface area contributed by atoms with Crippen LogP contribution < -0.4 is 5.73 Å². The minimum absolute atomic E-state index is 0.00315. The highest BCUT2D eigenvalue weighted by atomic mass is 16.3. The van der Waals surface area contributed by atoms with Crippen molar-refractivity contribution in [1.82, 2.24) is 9.80 Å². The standard InChI is InChI=1S/C16H29N3O2/c1-6-16(17,7-2)15(20)19(11-10-18(4)5)12-14-9-8-13(3)21-14/h8-9H,6-7,10-12,17H2,1-5H3. The Labute approximate surface area is 128 Å². The number of carbonyl (C=O) groups excluding carboxylic acids is 1. The Morgan fingerprint density at radius 1 is 1.24 bits per heavy atom. The maximum atomic E-state index is 12.8. The lowest BCUT2D eigenvalue weighted by Gasteiger charge is -2.33. The topological polar surface area (TPSA) is 62.7 Å². The molecular weight excluding hydrogens is 266 g/mol. The second kappa shape index (κ2) is 7.61. The zero-order valence-corrected chi connectivity index (χ0v) is 14.0. The molecule has 5 nitrogen and oxygen atoms in total. The summed E-state index contributed by atoms with van der Waals surface area (Å²) in [4.78, 5) is 16.7. The van der Waals surface area contributed by atoms with E-state index in [1.54, 1.807) is 0 Å². The fourth-order valence-corrected chi connectivity index (χ4v) is 2.20. The molecule has 0 aromatic carbocycles. The van der Waals surface area contributed by atoms with Crippen LogP contribution in [-0.2, 0) is 11.3 Å². The Kier molecular flexibility index (Phi) is 6.42. The predicted molar refractivity (Wildman–Crippen MR) is 84.9 cm³/mol. The number of rotatable bonds is 8. The number of carbonyl (C=O) groups is 1. The van der Waals surface area contributed by atoms with Crippen LogP contribution in [0, 0.1) is 6.92 Å². The lowest BCUT2D eigenvalue weighted by Crippen LogP contribution is -2.55. The van der Waals surface area contributed by atoms with Crippen molar-refractivity contribution in [3.63, 3.8) is 0 Å². The molecule has 1 amide bonds. The van der Waals surface area contributed by atoms with E-state index in [2.05, 4.69) is 4.90 Å². The predicted octanol–water partition coefficient (Wildman–Crippen LogP) is 2.00. The normalized spacial score (nSPS) is 12.0. The summed E-state index contributed by atoms with van der Waals surface area (Å²) in [6, 6.07) is 3.83. The van der Waals surface area contributed by atoms with Gasteiger partial charge in [0.05, 0.1) is 12.1 Å². The molecule has 0 unspecified atom stereocenters. The van der Waals surface area contributed by atoms with Crippen molar-refractivity contribution in [2.45, 2.75) is 45.7 Å². The Balaban J connectivity index is 2.87. The van der Waals surface area contributed by atoms with Crippen molar-refractivity contribution in [1.29, 1.82) is 0 Å². The summed E-state index contributed by atoms with van der Waals surface area (Å²) in [5.74, 6) is 1.66. The van der Waals surface area contributed by atoms with Crippen LogP contribution >= 0.6 is 0 Å². The minimum atomic E-state index is -0.784. The Morgan fingerprint density at radius 2 is 1.86 bits per heavy atom. The molecular formula is C16H29N3O2. The molecule has 2 N–H and O–H groups in total. The number of nitrogens with two attached hydrogens (primary N) is 1. The Hall–Kier alpha value is -1.33. The van der Waals surface area contributed by atoms with Crippen molar-refractivity contribution < 1.29 is 9.21 Å². The second-order valence-corrected chi connectivity index (χ2v) is 5.91. The smallest absolute Gasteiger partial charge is 0.243 e. The maximum Gasteiger partial charge on any atom is 0.243 e. The van der Waals surface area contributed by atoms with Crippen LogP contribution in [0.25, 0.3) is 0 Å². The molecule has 0 bridgehead atoms. The first kappa shape index (κ1) is 17.7. The van der Waals surface area contributed by atoms with E-state index in [0.717, 1.165) is 18.1 Å². The average Bonchev–Trinajstić information content (AvgIpc) is 2.86. The van der Waals surface area contributed by atoms with Gasteiger partial charge in [-0.1, -0.05) is 13.8 Å². The second-order valence-electron chi connectivity index (χ2n) is 5.91. The lowest BCUT2D eigenvalue weighted by atomic mass is 9.92. The number of hydrogen-bond acceptors (Lipinski definition) is 4. The van der Waals surface area contributed by atoms with Crippen molar-refractivity contribution >= 4 is 5.91 Å². The summed E-state index contributed by atoms with van der Waals surface area (Å²) in [6.07, 6.45) is 1.27. The highest BCUT2D eigenvalue weighted by Gasteiger charge is 2.34. The van der Waals surface area contributed by atoms with Gasteiger partial charge in [-0.15, -0.1) is 0 Å². The van der Waals surface area contributed by atoms with Crippen LogP contribution in [0.1, 0.15) is 38.2 Å². The van der Waals surface area contributed by atoms with Crippen LogP contribution in [0.5, 0.6) is 0 Å². The van der Waals surface area contributed by atoms with Gasteiger partial charge in [-0.25, -0.2) is 0 Å². The molecule has 0 fully saturated rings. The molecule has 0 radical (unpaired) electrons. The monoisotopic (exact) mass is 295 g/mol. The molecule has 1 aromatic rings. The molecule has 5 heteroatoms. The zero-order chi connectivity index (χ0) is 16.0. The molecule has 0 saturated heterocycles. The van der Waals surface area contributed by atoms with Crippen molar-refractivity contribution in [3.05, 3.63) is 23.7 Å². The molecule has 0 aliphatic carbocycles. The van der Waals surface area contributed by atoms with Gasteiger partial charge in [0.1, 0.15) is 11.5 Å². The highest BCUT2D eigenvalue weighted by Crippen LogP contribution is 2.18. The van der Waals surface area contributed by atoms with Crippen LogP contribution in [0.15, 0.2) is 16.5 Å². The number of nitrogens with zero attached hydrogens (tertiary/aromatic N) is 2. The molecule has 120 valence electrons. The number of furan rings is 1. The van der Waals surface area contributed by atoms with Gasteiger partial charge >= 0.3 is 0 Å². The van der Waals surface area contributed by atoms with Gasteiger partial charge in [0.2, 0.25) is 5.91 Å². The van der Waals surface area contributed by atoms with E-state index < -0.39 is 5.54 Å². The first-order valence-electron chi connectivity index (χ1n) is 7.60. The van der Waals surface area contributed by atoms with E-state index in [1.807, 2.05) is 51.9 Å². The summed E-state index contributed by atoms with van der Waals surface area (Å²) in [7, 11) is 3.99. The molecule has 0 saturated carbocycles. The molecule has 1 rings (SSSR count). The summed E-state index contributed by atoms with van der Waals surface area (Å²) in [6.45, 7) is 7.74. The number of hydrogen-bond donors (Lipinski definition) is 1. The van der Waals surface area contributed by atoms with Gasteiger partial charge in [-0.05, 0) is 46.0 Å². The summed E-state index contributed by atoms with van der Waals surface area (Å²) < 4.78 is 5.60. The first-order chi connectivity index (χ1) is 9.82. The van der Waals surface area contributed by atoms with Crippen molar-refractivity contribution in [3.8, 4) is 0 Å². The van der Waals surface area contributed by atoms with Gasteiger partial charge in [0.25, 0.3) is 0 Å². The van der Waals surface area contributed by atoms with Gasteiger partial charge in [0.15, 0.2) is 0 Å². The third-order valence-electron chi connectivity index (χ3n) is 3.93. The molecule has 1 heterocycles. The number of amides is 1. The molecule has 0 spiro atoms. The molecule has 1 aromatic heterocycles.